The van der Waals surface area contributed by atoms with E-state index < -0.39 is 42.5 Å². The third kappa shape index (κ3) is 5.64. The fraction of sp³-hybridized carbons (Fsp3) is 0.647. The molecule has 1 fully saturated rings. The van der Waals surface area contributed by atoms with Gasteiger partial charge >= 0.3 is 11.9 Å². The number of hydrogen-bond donors (Lipinski definition) is 2. The van der Waals surface area contributed by atoms with Crippen molar-refractivity contribution in [3.63, 3.8) is 0 Å². The van der Waals surface area contributed by atoms with Gasteiger partial charge in [0.15, 0.2) is 0 Å². The van der Waals surface area contributed by atoms with Crippen molar-refractivity contribution >= 4 is 11.9 Å². The Bertz CT molecular complexity index is 541. The van der Waals surface area contributed by atoms with E-state index in [0.29, 0.717) is 18.6 Å². The summed E-state index contributed by atoms with van der Waals surface area (Å²) in [5, 5.41) is 19.4. The molecular formula is C17H24O8. The van der Waals surface area contributed by atoms with Crippen LogP contribution in [-0.2, 0) is 28.5 Å². The smallest absolute Gasteiger partial charge is 0.303 e. The van der Waals surface area contributed by atoms with Gasteiger partial charge in [0.25, 0.3) is 0 Å². The molecule has 5 atom stereocenters. The van der Waals surface area contributed by atoms with Gasteiger partial charge in [0.1, 0.15) is 31.0 Å². The predicted octanol–water partition coefficient (Wildman–Crippen LogP) is -0.127. The number of carbonyl (C=O) groups excluding carboxylic acids is 2. The van der Waals surface area contributed by atoms with Crippen molar-refractivity contribution in [2.24, 2.45) is 0 Å². The van der Waals surface area contributed by atoms with Crippen LogP contribution in [0.3, 0.4) is 0 Å². The highest BCUT2D eigenvalue weighted by atomic mass is 16.6. The Morgan fingerprint density at radius 2 is 2.04 bits per heavy atom. The van der Waals surface area contributed by atoms with Crippen LogP contribution < -0.4 is 0 Å². The molecule has 0 aromatic heterocycles. The van der Waals surface area contributed by atoms with E-state index in [9.17, 15) is 19.8 Å². The Labute approximate surface area is 146 Å². The molecule has 2 heterocycles. The molecule has 0 spiro atoms. The molecule has 0 radical (unpaired) electrons. The van der Waals surface area contributed by atoms with Crippen LogP contribution in [0, 0.1) is 0 Å². The summed E-state index contributed by atoms with van der Waals surface area (Å²) in [6.07, 6.45) is 2.31. The summed E-state index contributed by atoms with van der Waals surface area (Å²) >= 11 is 0. The van der Waals surface area contributed by atoms with Crippen molar-refractivity contribution in [2.45, 2.75) is 50.8 Å². The number of aliphatic hydroxyl groups is 2. The van der Waals surface area contributed by atoms with E-state index in [1.807, 2.05) is 0 Å². The molecule has 1 saturated heterocycles. The van der Waals surface area contributed by atoms with Gasteiger partial charge in [-0.3, -0.25) is 9.59 Å². The number of esters is 2. The first kappa shape index (κ1) is 19.6. The fourth-order valence-corrected chi connectivity index (χ4v) is 2.75. The minimum Gasteiger partial charge on any atom is -0.463 e. The molecule has 0 amide bonds. The lowest BCUT2D eigenvalue weighted by Crippen LogP contribution is -2.42. The van der Waals surface area contributed by atoms with Crippen molar-refractivity contribution in [3.8, 4) is 0 Å². The zero-order chi connectivity index (χ0) is 18.4. The molecule has 5 unspecified atom stereocenters. The van der Waals surface area contributed by atoms with Gasteiger partial charge in [-0.05, 0) is 18.1 Å². The first-order valence-corrected chi connectivity index (χ1v) is 8.16. The number of rotatable bonds is 5. The Kier molecular flexibility index (Phi) is 7.12. The molecule has 25 heavy (non-hydrogen) atoms. The monoisotopic (exact) mass is 356 g/mol. The number of hydrogen-bond acceptors (Lipinski definition) is 8. The zero-order valence-corrected chi connectivity index (χ0v) is 14.3. The molecule has 0 aliphatic carbocycles. The Morgan fingerprint density at radius 3 is 2.68 bits per heavy atom. The van der Waals surface area contributed by atoms with E-state index in [1.165, 1.54) is 13.8 Å². The largest absolute Gasteiger partial charge is 0.463 e. The van der Waals surface area contributed by atoms with E-state index in [-0.39, 0.29) is 13.2 Å². The average Bonchev–Trinajstić information content (AvgIpc) is 2.56. The summed E-state index contributed by atoms with van der Waals surface area (Å²) in [6.45, 7) is 2.65. The van der Waals surface area contributed by atoms with Crippen molar-refractivity contribution in [3.05, 3.63) is 23.8 Å². The second-order valence-corrected chi connectivity index (χ2v) is 5.93. The molecular weight excluding hydrogens is 332 g/mol. The van der Waals surface area contributed by atoms with Crippen LogP contribution >= 0.6 is 0 Å². The zero-order valence-electron chi connectivity index (χ0n) is 14.3. The van der Waals surface area contributed by atoms with Crippen LogP contribution in [0.25, 0.3) is 0 Å². The Balaban J connectivity index is 2.09. The van der Waals surface area contributed by atoms with Crippen LogP contribution in [0.1, 0.15) is 20.3 Å². The number of carbonyl (C=O) groups is 2. The first-order chi connectivity index (χ1) is 11.9. The second-order valence-electron chi connectivity index (χ2n) is 5.93. The minimum absolute atomic E-state index is 0.0534. The van der Waals surface area contributed by atoms with Gasteiger partial charge in [-0.2, -0.15) is 0 Å². The molecule has 2 N–H and O–H groups in total. The lowest BCUT2D eigenvalue weighted by atomic mass is 9.96. The van der Waals surface area contributed by atoms with Crippen LogP contribution in [0.5, 0.6) is 0 Å². The summed E-state index contributed by atoms with van der Waals surface area (Å²) in [5.74, 6) is -0.922. The van der Waals surface area contributed by atoms with E-state index >= 15 is 0 Å². The maximum atomic E-state index is 11.2. The Morgan fingerprint density at radius 1 is 1.28 bits per heavy atom. The van der Waals surface area contributed by atoms with Crippen LogP contribution in [0.4, 0.5) is 0 Å². The summed E-state index contributed by atoms with van der Waals surface area (Å²) < 4.78 is 21.3. The second kappa shape index (κ2) is 9.10. The van der Waals surface area contributed by atoms with E-state index in [1.54, 1.807) is 18.2 Å². The van der Waals surface area contributed by atoms with Gasteiger partial charge in [-0.15, -0.1) is 0 Å². The highest BCUT2D eigenvalue weighted by Gasteiger charge is 2.32. The van der Waals surface area contributed by atoms with Gasteiger partial charge in [0, 0.05) is 13.8 Å². The predicted molar refractivity (Wildman–Crippen MR) is 85.5 cm³/mol. The van der Waals surface area contributed by atoms with Gasteiger partial charge < -0.3 is 29.2 Å². The average molecular weight is 356 g/mol. The molecule has 8 heteroatoms. The topological polar surface area (TPSA) is 112 Å². The quantitative estimate of drug-likeness (QED) is 0.518. The standard InChI is InChI=1S/C17H24O8/c1-10(19)23-9-16-14(24-11(2)20)4-3-13(25-16)7-12-5-6-22-15(8-18)17(12)21/h3-4,7,13-18,21H,5-6,8-9H2,1-2H3/b12-7+. The third-order valence-electron chi connectivity index (χ3n) is 3.95. The van der Waals surface area contributed by atoms with Crippen LogP contribution in [0.2, 0.25) is 0 Å². The highest BCUT2D eigenvalue weighted by molar-refractivity contribution is 5.66. The van der Waals surface area contributed by atoms with Crippen molar-refractivity contribution in [1.82, 2.24) is 0 Å². The third-order valence-corrected chi connectivity index (χ3v) is 3.95. The molecule has 2 aliphatic rings. The van der Waals surface area contributed by atoms with E-state index in [2.05, 4.69) is 0 Å². The van der Waals surface area contributed by atoms with Gasteiger partial charge in [-0.25, -0.2) is 0 Å². The molecule has 8 nitrogen and oxygen atoms in total. The van der Waals surface area contributed by atoms with E-state index in [4.69, 9.17) is 18.9 Å². The lowest BCUT2D eigenvalue weighted by Gasteiger charge is -2.33. The fourth-order valence-electron chi connectivity index (χ4n) is 2.75. The molecule has 0 aromatic rings. The normalized spacial score (nSPS) is 33.9. The molecule has 0 saturated carbocycles. The van der Waals surface area contributed by atoms with Crippen LogP contribution in [0.15, 0.2) is 23.8 Å². The maximum absolute atomic E-state index is 11.2. The summed E-state index contributed by atoms with van der Waals surface area (Å²) in [5.41, 5.74) is 0.706. The summed E-state index contributed by atoms with van der Waals surface area (Å²) in [4.78, 5) is 22.2. The Hall–Kier alpha value is -1.74. The lowest BCUT2D eigenvalue weighted by molar-refractivity contribution is -0.161. The molecule has 0 aromatic carbocycles. The SMILES string of the molecule is CC(=O)OCC1OC(/C=C2\CCOC(CO)C2O)C=CC1OC(C)=O. The molecule has 2 aliphatic heterocycles. The first-order valence-electron chi connectivity index (χ1n) is 8.16. The molecule has 0 bridgehead atoms. The number of aliphatic hydroxyl groups excluding tert-OH is 2. The van der Waals surface area contributed by atoms with E-state index in [0.717, 1.165) is 0 Å². The number of ether oxygens (including phenoxy) is 4. The molecule has 2 rings (SSSR count). The van der Waals surface area contributed by atoms with Gasteiger partial charge in [0.05, 0.1) is 19.3 Å². The minimum atomic E-state index is -0.908. The highest BCUT2D eigenvalue weighted by Crippen LogP contribution is 2.24. The maximum Gasteiger partial charge on any atom is 0.303 e. The van der Waals surface area contributed by atoms with Gasteiger partial charge in [0.2, 0.25) is 0 Å². The van der Waals surface area contributed by atoms with Crippen molar-refractivity contribution in [2.75, 3.05) is 19.8 Å². The van der Waals surface area contributed by atoms with Gasteiger partial charge in [-0.1, -0.05) is 12.2 Å². The van der Waals surface area contributed by atoms with Crippen molar-refractivity contribution in [1.29, 1.82) is 0 Å². The van der Waals surface area contributed by atoms with Crippen molar-refractivity contribution < 1.29 is 38.7 Å². The van der Waals surface area contributed by atoms with Crippen LogP contribution in [-0.4, -0.2) is 72.5 Å². The molecule has 140 valence electrons. The summed E-state index contributed by atoms with van der Waals surface area (Å²) in [6, 6.07) is 0. The summed E-state index contributed by atoms with van der Waals surface area (Å²) in [7, 11) is 0.